The van der Waals surface area contributed by atoms with E-state index in [1.165, 1.54) is 7.11 Å². The summed E-state index contributed by atoms with van der Waals surface area (Å²) in [6.45, 7) is 2.91. The van der Waals surface area contributed by atoms with E-state index in [0.717, 1.165) is 17.9 Å². The Labute approximate surface area is 118 Å². The van der Waals surface area contributed by atoms with Crippen molar-refractivity contribution in [1.29, 1.82) is 0 Å². The van der Waals surface area contributed by atoms with E-state index in [-0.39, 0.29) is 0 Å². The van der Waals surface area contributed by atoms with Crippen LogP contribution in [0.2, 0.25) is 0 Å². The van der Waals surface area contributed by atoms with Crippen LogP contribution < -0.4 is 10.2 Å². The van der Waals surface area contributed by atoms with Crippen LogP contribution in [0.5, 0.6) is 0 Å². The average molecular weight is 271 g/mol. The minimum absolute atomic E-state index is 0.463. The molecule has 1 amide bonds. The Hall–Kier alpha value is -2.56. The van der Waals surface area contributed by atoms with Gasteiger partial charge in [-0.3, -0.25) is 5.32 Å². The molecule has 0 atom stereocenters. The highest BCUT2D eigenvalue weighted by Gasteiger charge is 2.08. The molecule has 0 aliphatic heterocycles. The highest BCUT2D eigenvalue weighted by atomic mass is 16.5. The fourth-order valence-electron chi connectivity index (χ4n) is 1.90. The summed E-state index contributed by atoms with van der Waals surface area (Å²) < 4.78 is 4.52. The lowest BCUT2D eigenvalue weighted by molar-refractivity contribution is 0.187. The molecule has 0 fully saturated rings. The van der Waals surface area contributed by atoms with Crippen molar-refractivity contribution >= 4 is 23.3 Å². The van der Waals surface area contributed by atoms with Gasteiger partial charge in [0.25, 0.3) is 0 Å². The number of hydrogen-bond acceptors (Lipinski definition) is 4. The zero-order chi connectivity index (χ0) is 14.4. The number of aromatic nitrogens is 1. The van der Waals surface area contributed by atoms with Gasteiger partial charge in [-0.15, -0.1) is 0 Å². The summed E-state index contributed by atoms with van der Waals surface area (Å²) in [4.78, 5) is 17.4. The number of benzene rings is 1. The molecule has 0 saturated carbocycles. The van der Waals surface area contributed by atoms with Crippen molar-refractivity contribution in [2.24, 2.45) is 0 Å². The fraction of sp³-hybridized carbons (Fsp3) is 0.200. The standard InChI is InChI=1S/C15H17N3O2/c1-3-18(12-7-5-4-6-8-12)13-9-10-14(16-11-13)17-15(19)20-2/h4-11H,3H2,1-2H3,(H,16,17,19). The molecule has 0 aliphatic carbocycles. The topological polar surface area (TPSA) is 54.5 Å². The summed E-state index contributed by atoms with van der Waals surface area (Å²) in [5.41, 5.74) is 2.07. The highest BCUT2D eigenvalue weighted by molar-refractivity contribution is 5.83. The molecule has 20 heavy (non-hydrogen) atoms. The van der Waals surface area contributed by atoms with Gasteiger partial charge in [0.15, 0.2) is 0 Å². The Morgan fingerprint density at radius 3 is 2.50 bits per heavy atom. The first-order chi connectivity index (χ1) is 9.74. The highest BCUT2D eigenvalue weighted by Crippen LogP contribution is 2.24. The van der Waals surface area contributed by atoms with E-state index >= 15 is 0 Å². The number of carbonyl (C=O) groups excluding carboxylic acids is 1. The van der Waals surface area contributed by atoms with E-state index in [1.807, 2.05) is 36.4 Å². The Balaban J connectivity index is 2.18. The summed E-state index contributed by atoms with van der Waals surface area (Å²) in [7, 11) is 1.32. The minimum atomic E-state index is -0.527. The molecule has 5 heteroatoms. The van der Waals surface area contributed by atoms with E-state index < -0.39 is 6.09 Å². The van der Waals surface area contributed by atoms with Crippen molar-refractivity contribution in [2.45, 2.75) is 6.92 Å². The molecule has 0 saturated heterocycles. The van der Waals surface area contributed by atoms with Gasteiger partial charge in [0.2, 0.25) is 0 Å². The molecule has 0 spiro atoms. The van der Waals surface area contributed by atoms with Crippen molar-refractivity contribution in [3.8, 4) is 0 Å². The summed E-state index contributed by atoms with van der Waals surface area (Å²) in [5, 5.41) is 2.52. The number of rotatable bonds is 4. The van der Waals surface area contributed by atoms with Gasteiger partial charge in [-0.05, 0) is 31.2 Å². The third-order valence-corrected chi connectivity index (χ3v) is 2.86. The molecule has 2 aromatic rings. The predicted molar refractivity (Wildman–Crippen MR) is 79.4 cm³/mol. The Kier molecular flexibility index (Phi) is 4.55. The van der Waals surface area contributed by atoms with Gasteiger partial charge >= 0.3 is 6.09 Å². The first kappa shape index (κ1) is 13.9. The minimum Gasteiger partial charge on any atom is -0.453 e. The van der Waals surface area contributed by atoms with Gasteiger partial charge in [0.05, 0.1) is 19.0 Å². The number of nitrogens with one attached hydrogen (secondary N) is 1. The molecule has 1 N–H and O–H groups in total. The van der Waals surface area contributed by atoms with Crippen LogP contribution >= 0.6 is 0 Å². The maximum Gasteiger partial charge on any atom is 0.412 e. The van der Waals surface area contributed by atoms with Gasteiger partial charge in [-0.25, -0.2) is 9.78 Å². The number of nitrogens with zero attached hydrogens (tertiary/aromatic N) is 2. The van der Waals surface area contributed by atoms with Crippen LogP contribution in [0.25, 0.3) is 0 Å². The van der Waals surface area contributed by atoms with Gasteiger partial charge in [-0.1, -0.05) is 18.2 Å². The molecule has 5 nitrogen and oxygen atoms in total. The lowest BCUT2D eigenvalue weighted by Gasteiger charge is -2.23. The second-order valence-electron chi connectivity index (χ2n) is 4.10. The van der Waals surface area contributed by atoms with E-state index in [1.54, 1.807) is 12.3 Å². The Bertz CT molecular complexity index is 555. The molecule has 1 aromatic carbocycles. The first-order valence-corrected chi connectivity index (χ1v) is 6.38. The van der Waals surface area contributed by atoms with Crippen molar-refractivity contribution < 1.29 is 9.53 Å². The number of anilines is 3. The van der Waals surface area contributed by atoms with Gasteiger partial charge in [-0.2, -0.15) is 0 Å². The molecule has 2 rings (SSSR count). The van der Waals surface area contributed by atoms with Crippen molar-refractivity contribution in [3.05, 3.63) is 48.7 Å². The molecular formula is C15H17N3O2. The number of pyridine rings is 1. The number of methoxy groups -OCH3 is 1. The smallest absolute Gasteiger partial charge is 0.412 e. The van der Waals surface area contributed by atoms with Crippen molar-refractivity contribution in [2.75, 3.05) is 23.9 Å². The number of para-hydroxylation sites is 1. The maximum atomic E-state index is 11.1. The number of amides is 1. The second kappa shape index (κ2) is 6.56. The maximum absolute atomic E-state index is 11.1. The largest absolute Gasteiger partial charge is 0.453 e. The third kappa shape index (κ3) is 3.26. The summed E-state index contributed by atoms with van der Waals surface area (Å²) in [6.07, 6.45) is 1.20. The fourth-order valence-corrected chi connectivity index (χ4v) is 1.90. The third-order valence-electron chi connectivity index (χ3n) is 2.86. The van der Waals surface area contributed by atoms with Crippen molar-refractivity contribution in [1.82, 2.24) is 4.98 Å². The quantitative estimate of drug-likeness (QED) is 0.925. The van der Waals surface area contributed by atoms with E-state index in [4.69, 9.17) is 0 Å². The average Bonchev–Trinajstić information content (AvgIpc) is 2.50. The Morgan fingerprint density at radius 2 is 1.95 bits per heavy atom. The molecular weight excluding hydrogens is 254 g/mol. The number of ether oxygens (including phenoxy) is 1. The number of hydrogen-bond donors (Lipinski definition) is 1. The summed E-state index contributed by atoms with van der Waals surface area (Å²) in [5.74, 6) is 0.463. The first-order valence-electron chi connectivity index (χ1n) is 6.38. The van der Waals surface area contributed by atoms with Crippen LogP contribution in [-0.4, -0.2) is 24.7 Å². The predicted octanol–water partition coefficient (Wildman–Crippen LogP) is 3.42. The van der Waals surface area contributed by atoms with Crippen LogP contribution in [0, 0.1) is 0 Å². The van der Waals surface area contributed by atoms with Gasteiger partial charge < -0.3 is 9.64 Å². The van der Waals surface area contributed by atoms with E-state index in [2.05, 4.69) is 26.9 Å². The molecule has 1 heterocycles. The van der Waals surface area contributed by atoms with Crippen LogP contribution in [0.15, 0.2) is 48.7 Å². The molecule has 0 unspecified atom stereocenters. The SMILES string of the molecule is CCN(c1ccccc1)c1ccc(NC(=O)OC)nc1. The van der Waals surface area contributed by atoms with Crippen LogP contribution in [0.1, 0.15) is 6.92 Å². The Morgan fingerprint density at radius 1 is 1.20 bits per heavy atom. The lowest BCUT2D eigenvalue weighted by atomic mass is 10.2. The monoisotopic (exact) mass is 271 g/mol. The van der Waals surface area contributed by atoms with Crippen LogP contribution in [0.3, 0.4) is 0 Å². The number of carbonyl (C=O) groups is 1. The molecule has 0 bridgehead atoms. The van der Waals surface area contributed by atoms with Gasteiger partial charge in [0.1, 0.15) is 5.82 Å². The van der Waals surface area contributed by atoms with Crippen LogP contribution in [0.4, 0.5) is 22.0 Å². The van der Waals surface area contributed by atoms with Gasteiger partial charge in [0, 0.05) is 12.2 Å². The second-order valence-corrected chi connectivity index (χ2v) is 4.10. The zero-order valence-corrected chi connectivity index (χ0v) is 11.5. The van der Waals surface area contributed by atoms with Crippen LogP contribution in [-0.2, 0) is 4.74 Å². The molecule has 104 valence electrons. The molecule has 0 radical (unpaired) electrons. The lowest BCUT2D eigenvalue weighted by Crippen LogP contribution is -2.17. The normalized spacial score (nSPS) is 9.90. The van der Waals surface area contributed by atoms with E-state index in [9.17, 15) is 4.79 Å². The summed E-state index contributed by atoms with van der Waals surface area (Å²) in [6, 6.07) is 13.7. The summed E-state index contributed by atoms with van der Waals surface area (Å²) >= 11 is 0. The van der Waals surface area contributed by atoms with Crippen molar-refractivity contribution in [3.63, 3.8) is 0 Å². The molecule has 1 aromatic heterocycles. The zero-order valence-electron chi connectivity index (χ0n) is 11.5. The molecule has 0 aliphatic rings. The van der Waals surface area contributed by atoms with E-state index in [0.29, 0.717) is 5.82 Å².